The van der Waals surface area contributed by atoms with E-state index < -0.39 is 0 Å². The summed E-state index contributed by atoms with van der Waals surface area (Å²) in [5.74, 6) is 1.28. The third-order valence-corrected chi connectivity index (χ3v) is 4.57. The number of hydrogen-bond donors (Lipinski definition) is 4. The van der Waals surface area contributed by atoms with E-state index in [1.165, 1.54) is 22.2 Å². The highest BCUT2D eigenvalue weighted by molar-refractivity contribution is 5.85. The lowest BCUT2D eigenvalue weighted by Crippen LogP contribution is -2.13. The third kappa shape index (κ3) is 3.56. The highest BCUT2D eigenvalue weighted by atomic mass is 16.5. The molecule has 4 rings (SSSR count). The summed E-state index contributed by atoms with van der Waals surface area (Å²) in [7, 11) is 1.67. The molecule has 0 spiro atoms. The molecule has 0 aliphatic heterocycles. The lowest BCUT2D eigenvalue weighted by Gasteiger charge is -2.09. The number of benzene rings is 1. The molecule has 3 aromatic heterocycles. The van der Waals surface area contributed by atoms with E-state index in [0.717, 1.165) is 24.3 Å². The number of rotatable bonds is 8. The summed E-state index contributed by atoms with van der Waals surface area (Å²) in [6, 6.07) is 8.37. The first kappa shape index (κ1) is 17.3. The van der Waals surface area contributed by atoms with Gasteiger partial charge in [-0.15, -0.1) is 0 Å². The quantitative estimate of drug-likeness (QED) is 0.358. The number of hydrogen-bond acceptors (Lipinski definition) is 6. The van der Waals surface area contributed by atoms with Crippen LogP contribution in [0.1, 0.15) is 11.3 Å². The van der Waals surface area contributed by atoms with E-state index in [-0.39, 0.29) is 0 Å². The van der Waals surface area contributed by atoms with Crippen LogP contribution in [0.25, 0.3) is 22.1 Å². The molecule has 0 amide bonds. The van der Waals surface area contributed by atoms with Crippen molar-refractivity contribution in [3.63, 3.8) is 0 Å². The van der Waals surface area contributed by atoms with Crippen molar-refractivity contribution < 1.29 is 4.74 Å². The van der Waals surface area contributed by atoms with Crippen molar-refractivity contribution in [1.29, 1.82) is 0 Å². The maximum atomic E-state index is 5.09. The van der Waals surface area contributed by atoms with Crippen molar-refractivity contribution in [2.75, 3.05) is 37.4 Å². The number of H-pyrrole nitrogens is 2. The summed E-state index contributed by atoms with van der Waals surface area (Å²) in [5, 5.41) is 7.85. The van der Waals surface area contributed by atoms with Crippen molar-refractivity contribution in [2.45, 2.75) is 13.3 Å². The van der Waals surface area contributed by atoms with Crippen molar-refractivity contribution in [3.8, 4) is 0 Å². The minimum Gasteiger partial charge on any atom is -0.383 e. The van der Waals surface area contributed by atoms with E-state index in [4.69, 9.17) is 4.74 Å². The zero-order valence-corrected chi connectivity index (χ0v) is 15.5. The van der Waals surface area contributed by atoms with E-state index in [9.17, 15) is 0 Å². The lowest BCUT2D eigenvalue weighted by molar-refractivity contribution is 0.210. The summed E-state index contributed by atoms with van der Waals surface area (Å²) >= 11 is 0. The summed E-state index contributed by atoms with van der Waals surface area (Å²) in [5.41, 5.74) is 5.12. The molecule has 0 aliphatic rings. The maximum absolute atomic E-state index is 5.09. The smallest absolute Gasteiger partial charge is 0.226 e. The second-order valence-electron chi connectivity index (χ2n) is 6.37. The van der Waals surface area contributed by atoms with Crippen LogP contribution >= 0.6 is 0 Å². The Balaban J connectivity index is 1.49. The van der Waals surface area contributed by atoms with Gasteiger partial charge in [0.05, 0.1) is 12.9 Å². The van der Waals surface area contributed by atoms with Crippen molar-refractivity contribution in [3.05, 3.63) is 41.9 Å². The van der Waals surface area contributed by atoms with Gasteiger partial charge in [0.2, 0.25) is 5.95 Å². The molecule has 0 radical (unpaired) electrons. The Labute approximate surface area is 156 Å². The maximum Gasteiger partial charge on any atom is 0.226 e. The number of para-hydroxylation sites is 1. The number of fused-ring (bicyclic) bond motifs is 2. The molecular weight excluding hydrogens is 342 g/mol. The van der Waals surface area contributed by atoms with E-state index >= 15 is 0 Å². The molecule has 4 N–H and O–H groups in total. The Bertz CT molecular complexity index is 1050. The molecular formula is C19H23N7O. The molecule has 4 aromatic rings. The highest BCUT2D eigenvalue weighted by Crippen LogP contribution is 2.23. The van der Waals surface area contributed by atoms with E-state index in [1.807, 2.05) is 6.07 Å². The minimum absolute atomic E-state index is 0.562. The fourth-order valence-corrected chi connectivity index (χ4v) is 3.27. The molecule has 8 heteroatoms. The van der Waals surface area contributed by atoms with Crippen LogP contribution in [0.5, 0.6) is 0 Å². The van der Waals surface area contributed by atoms with Gasteiger partial charge < -0.3 is 25.3 Å². The fourth-order valence-electron chi connectivity index (χ4n) is 3.27. The van der Waals surface area contributed by atoms with Crippen LogP contribution in [0, 0.1) is 6.92 Å². The van der Waals surface area contributed by atoms with Gasteiger partial charge >= 0.3 is 0 Å². The number of nitrogens with one attached hydrogen (secondary N) is 4. The molecule has 0 aliphatic carbocycles. The van der Waals surface area contributed by atoms with Crippen LogP contribution in [0.15, 0.2) is 30.6 Å². The first-order chi connectivity index (χ1) is 13.3. The molecule has 1 aromatic carbocycles. The Morgan fingerprint density at radius 1 is 1.11 bits per heavy atom. The predicted molar refractivity (Wildman–Crippen MR) is 107 cm³/mol. The standard InChI is InChI=1S/C19H23N7O/c1-12-13(14-5-3-4-6-15(14)24-12)7-8-21-19-25-17(20-9-10-27-2)16-18(26-19)23-11-22-16/h3-6,11,24H,7-10H2,1-2H3,(H3,20,21,22,23,25,26). The minimum atomic E-state index is 0.562. The van der Waals surface area contributed by atoms with Gasteiger partial charge in [-0.3, -0.25) is 0 Å². The zero-order valence-electron chi connectivity index (χ0n) is 15.5. The molecule has 0 saturated carbocycles. The number of ether oxygens (including phenoxy) is 1. The number of imidazole rings is 1. The van der Waals surface area contributed by atoms with Gasteiger partial charge in [0.15, 0.2) is 11.5 Å². The summed E-state index contributed by atoms with van der Waals surface area (Å²) in [4.78, 5) is 19.8. The number of aryl methyl sites for hydroxylation is 1. The van der Waals surface area contributed by atoms with E-state index in [0.29, 0.717) is 24.7 Å². The van der Waals surface area contributed by atoms with Crippen LogP contribution in [-0.2, 0) is 11.2 Å². The number of anilines is 2. The van der Waals surface area contributed by atoms with Crippen LogP contribution < -0.4 is 10.6 Å². The van der Waals surface area contributed by atoms with Crippen LogP contribution in [-0.4, -0.2) is 51.7 Å². The van der Waals surface area contributed by atoms with Crippen LogP contribution in [0.2, 0.25) is 0 Å². The molecule has 140 valence electrons. The zero-order chi connectivity index (χ0) is 18.6. The molecule has 3 heterocycles. The average Bonchev–Trinajstić information content (AvgIpc) is 3.26. The van der Waals surface area contributed by atoms with Gasteiger partial charge in [0.1, 0.15) is 5.52 Å². The Morgan fingerprint density at radius 2 is 2.00 bits per heavy atom. The number of methoxy groups -OCH3 is 1. The fraction of sp³-hybridized carbons (Fsp3) is 0.316. The number of nitrogens with zero attached hydrogens (tertiary/aromatic N) is 3. The van der Waals surface area contributed by atoms with Crippen molar-refractivity contribution in [1.82, 2.24) is 24.9 Å². The van der Waals surface area contributed by atoms with Crippen LogP contribution in [0.3, 0.4) is 0 Å². The number of aromatic amines is 2. The largest absolute Gasteiger partial charge is 0.383 e. The molecule has 0 saturated heterocycles. The van der Waals surface area contributed by atoms with Gasteiger partial charge in [0.25, 0.3) is 0 Å². The van der Waals surface area contributed by atoms with Gasteiger partial charge in [-0.05, 0) is 25.0 Å². The first-order valence-electron chi connectivity index (χ1n) is 9.00. The molecule has 0 fully saturated rings. The Hall–Kier alpha value is -3.13. The van der Waals surface area contributed by atoms with Crippen molar-refractivity contribution >= 4 is 33.8 Å². The second-order valence-corrected chi connectivity index (χ2v) is 6.37. The summed E-state index contributed by atoms with van der Waals surface area (Å²) in [6.45, 7) is 4.10. The molecule has 8 nitrogen and oxygen atoms in total. The molecule has 27 heavy (non-hydrogen) atoms. The van der Waals surface area contributed by atoms with Gasteiger partial charge in [0, 0.05) is 36.8 Å². The second kappa shape index (κ2) is 7.63. The van der Waals surface area contributed by atoms with Crippen molar-refractivity contribution in [2.24, 2.45) is 0 Å². The summed E-state index contributed by atoms with van der Waals surface area (Å²) < 4.78 is 5.09. The molecule has 0 atom stereocenters. The average molecular weight is 365 g/mol. The van der Waals surface area contributed by atoms with E-state index in [1.54, 1.807) is 13.4 Å². The predicted octanol–water partition coefficient (Wildman–Crippen LogP) is 2.86. The SMILES string of the molecule is COCCNc1nc(NCCc2c(C)[nH]c3ccccc23)nc2nc[nH]c12. The Morgan fingerprint density at radius 3 is 2.89 bits per heavy atom. The topological polar surface area (TPSA) is 104 Å². The highest BCUT2D eigenvalue weighted by Gasteiger charge is 2.11. The summed E-state index contributed by atoms with van der Waals surface area (Å²) in [6.07, 6.45) is 2.50. The van der Waals surface area contributed by atoms with Gasteiger partial charge in [-0.1, -0.05) is 18.2 Å². The lowest BCUT2D eigenvalue weighted by atomic mass is 10.1. The third-order valence-electron chi connectivity index (χ3n) is 4.57. The molecule has 0 bridgehead atoms. The van der Waals surface area contributed by atoms with Gasteiger partial charge in [-0.2, -0.15) is 9.97 Å². The normalized spacial score (nSPS) is 11.3. The molecule has 0 unspecified atom stereocenters. The first-order valence-corrected chi connectivity index (χ1v) is 9.00. The monoisotopic (exact) mass is 365 g/mol. The van der Waals surface area contributed by atoms with E-state index in [2.05, 4.69) is 60.7 Å². The Kier molecular flexibility index (Phi) is 4.88. The van der Waals surface area contributed by atoms with Gasteiger partial charge in [-0.25, -0.2) is 4.98 Å². The number of aromatic nitrogens is 5. The van der Waals surface area contributed by atoms with Crippen LogP contribution in [0.4, 0.5) is 11.8 Å².